The average molecular weight is 381 g/mol. The predicted molar refractivity (Wildman–Crippen MR) is 107 cm³/mol. The summed E-state index contributed by atoms with van der Waals surface area (Å²) in [6, 6.07) is 18.9. The standard InChI is InChI=1S/C23H27NO4/c1-23(2,3)28-22(26)24-20(25)15-14-19(21(24)18-12-8-5-9-13-18)27-16-17-10-6-4-7-11-17/h4-13,19,21H,14-16H2,1-3H3/t19-,21+/m1/s1. The van der Waals surface area contributed by atoms with Crippen LogP contribution in [0.1, 0.15) is 50.8 Å². The zero-order chi connectivity index (χ0) is 20.1. The van der Waals surface area contributed by atoms with Gasteiger partial charge in [-0.1, -0.05) is 60.7 Å². The van der Waals surface area contributed by atoms with Gasteiger partial charge in [-0.05, 0) is 38.3 Å². The molecule has 1 aliphatic heterocycles. The second-order valence-corrected chi connectivity index (χ2v) is 7.97. The van der Waals surface area contributed by atoms with Gasteiger partial charge in [-0.3, -0.25) is 4.79 Å². The van der Waals surface area contributed by atoms with Crippen LogP contribution in [0.15, 0.2) is 60.7 Å². The van der Waals surface area contributed by atoms with Crippen LogP contribution in [-0.4, -0.2) is 28.6 Å². The van der Waals surface area contributed by atoms with Gasteiger partial charge in [-0.25, -0.2) is 9.69 Å². The highest BCUT2D eigenvalue weighted by Crippen LogP contribution is 2.35. The fraction of sp³-hybridized carbons (Fsp3) is 0.391. The zero-order valence-corrected chi connectivity index (χ0v) is 16.6. The molecule has 1 heterocycles. The summed E-state index contributed by atoms with van der Waals surface area (Å²) in [6.45, 7) is 5.80. The minimum Gasteiger partial charge on any atom is -0.443 e. The third-order valence-corrected chi connectivity index (χ3v) is 4.58. The summed E-state index contributed by atoms with van der Waals surface area (Å²) in [6.07, 6.45) is -0.112. The van der Waals surface area contributed by atoms with Crippen LogP contribution in [0.2, 0.25) is 0 Å². The first-order valence-electron chi connectivity index (χ1n) is 9.61. The van der Waals surface area contributed by atoms with E-state index in [1.54, 1.807) is 20.8 Å². The summed E-state index contributed by atoms with van der Waals surface area (Å²) in [5.74, 6) is -0.234. The summed E-state index contributed by atoms with van der Waals surface area (Å²) in [7, 11) is 0. The molecule has 0 saturated carbocycles. The first-order chi connectivity index (χ1) is 13.3. The van der Waals surface area contributed by atoms with Crippen LogP contribution in [0.4, 0.5) is 4.79 Å². The topological polar surface area (TPSA) is 55.8 Å². The van der Waals surface area contributed by atoms with E-state index in [0.29, 0.717) is 13.0 Å². The largest absolute Gasteiger partial charge is 0.443 e. The number of carbonyl (C=O) groups is 2. The molecule has 0 aliphatic carbocycles. The summed E-state index contributed by atoms with van der Waals surface area (Å²) in [5.41, 5.74) is 1.23. The molecule has 2 atom stereocenters. The molecule has 0 spiro atoms. The molecule has 2 amide bonds. The maximum absolute atomic E-state index is 12.9. The van der Waals surface area contributed by atoms with Gasteiger partial charge < -0.3 is 9.47 Å². The minimum absolute atomic E-state index is 0.234. The van der Waals surface area contributed by atoms with Gasteiger partial charge in [0.15, 0.2) is 0 Å². The van der Waals surface area contributed by atoms with Gasteiger partial charge in [-0.15, -0.1) is 0 Å². The molecule has 2 aromatic carbocycles. The smallest absolute Gasteiger partial charge is 0.417 e. The summed E-state index contributed by atoms with van der Waals surface area (Å²) < 4.78 is 11.7. The Balaban J connectivity index is 1.88. The predicted octanol–water partition coefficient (Wildman–Crippen LogP) is 4.87. The number of piperidine rings is 1. The molecule has 2 aromatic rings. The van der Waals surface area contributed by atoms with E-state index < -0.39 is 17.7 Å². The lowest BCUT2D eigenvalue weighted by molar-refractivity contribution is -0.144. The summed E-state index contributed by atoms with van der Waals surface area (Å²) >= 11 is 0. The minimum atomic E-state index is -0.684. The fourth-order valence-corrected chi connectivity index (χ4v) is 3.36. The highest BCUT2D eigenvalue weighted by Gasteiger charge is 2.43. The van der Waals surface area contributed by atoms with Crippen LogP contribution >= 0.6 is 0 Å². The van der Waals surface area contributed by atoms with Crippen LogP contribution in [0.5, 0.6) is 0 Å². The Labute approximate surface area is 166 Å². The zero-order valence-electron chi connectivity index (χ0n) is 16.6. The molecule has 28 heavy (non-hydrogen) atoms. The lowest BCUT2D eigenvalue weighted by Crippen LogP contribution is -2.50. The molecule has 148 valence electrons. The number of hydrogen-bond donors (Lipinski definition) is 0. The molecule has 0 radical (unpaired) electrons. The summed E-state index contributed by atoms with van der Waals surface area (Å²) in [4.78, 5) is 26.8. The van der Waals surface area contributed by atoms with E-state index in [1.807, 2.05) is 60.7 Å². The normalized spacial score (nSPS) is 20.1. The van der Waals surface area contributed by atoms with E-state index in [1.165, 1.54) is 4.90 Å². The maximum atomic E-state index is 12.9. The van der Waals surface area contributed by atoms with Crippen molar-refractivity contribution in [3.8, 4) is 0 Å². The van der Waals surface area contributed by atoms with Crippen molar-refractivity contribution in [2.45, 2.75) is 58.0 Å². The number of amides is 2. The van der Waals surface area contributed by atoms with Crippen LogP contribution in [-0.2, 0) is 20.9 Å². The van der Waals surface area contributed by atoms with E-state index in [2.05, 4.69) is 0 Å². The second kappa shape index (κ2) is 8.57. The molecule has 5 heteroatoms. The summed E-state index contributed by atoms with van der Waals surface area (Å²) in [5, 5.41) is 0. The SMILES string of the molecule is CC(C)(C)OC(=O)N1C(=O)CC[C@@H](OCc2ccccc2)[C@@H]1c1ccccc1. The molecule has 0 bridgehead atoms. The molecule has 3 rings (SSSR count). The van der Waals surface area contributed by atoms with Crippen molar-refractivity contribution in [1.82, 2.24) is 4.90 Å². The Bertz CT molecular complexity index is 798. The van der Waals surface area contributed by atoms with Gasteiger partial charge in [0, 0.05) is 6.42 Å². The molecule has 1 saturated heterocycles. The van der Waals surface area contributed by atoms with Gasteiger partial charge in [-0.2, -0.15) is 0 Å². The Hall–Kier alpha value is -2.66. The van der Waals surface area contributed by atoms with Crippen LogP contribution in [0, 0.1) is 0 Å². The molecule has 0 N–H and O–H groups in total. The molecular weight excluding hydrogens is 354 g/mol. The first kappa shape index (κ1) is 20.1. The number of ether oxygens (including phenoxy) is 2. The molecule has 1 fully saturated rings. The quantitative estimate of drug-likeness (QED) is 0.758. The van der Waals surface area contributed by atoms with E-state index in [4.69, 9.17) is 9.47 Å². The number of benzene rings is 2. The number of rotatable bonds is 4. The number of imide groups is 1. The van der Waals surface area contributed by atoms with Crippen LogP contribution in [0.3, 0.4) is 0 Å². The van der Waals surface area contributed by atoms with Crippen molar-refractivity contribution in [2.75, 3.05) is 0 Å². The van der Waals surface area contributed by atoms with Gasteiger partial charge in [0.2, 0.25) is 5.91 Å². The van der Waals surface area contributed by atoms with E-state index in [0.717, 1.165) is 11.1 Å². The van der Waals surface area contributed by atoms with Gasteiger partial charge in [0.05, 0.1) is 18.8 Å². The second-order valence-electron chi connectivity index (χ2n) is 7.97. The first-order valence-corrected chi connectivity index (χ1v) is 9.61. The molecular formula is C23H27NO4. The van der Waals surface area contributed by atoms with Crippen molar-refractivity contribution in [3.63, 3.8) is 0 Å². The van der Waals surface area contributed by atoms with Crippen LogP contribution < -0.4 is 0 Å². The molecule has 1 aliphatic rings. The molecule has 0 aromatic heterocycles. The lowest BCUT2D eigenvalue weighted by Gasteiger charge is -2.40. The maximum Gasteiger partial charge on any atom is 0.417 e. The van der Waals surface area contributed by atoms with Crippen molar-refractivity contribution >= 4 is 12.0 Å². The van der Waals surface area contributed by atoms with Crippen LogP contribution in [0.25, 0.3) is 0 Å². The highest BCUT2D eigenvalue weighted by atomic mass is 16.6. The molecule has 5 nitrogen and oxygen atoms in total. The average Bonchev–Trinajstić information content (AvgIpc) is 2.66. The third-order valence-electron chi connectivity index (χ3n) is 4.58. The monoisotopic (exact) mass is 381 g/mol. The molecule has 0 unspecified atom stereocenters. The van der Waals surface area contributed by atoms with Crippen molar-refractivity contribution in [2.24, 2.45) is 0 Å². The van der Waals surface area contributed by atoms with Crippen molar-refractivity contribution in [1.29, 1.82) is 0 Å². The van der Waals surface area contributed by atoms with E-state index in [-0.39, 0.29) is 18.4 Å². The van der Waals surface area contributed by atoms with Gasteiger partial charge in [0.25, 0.3) is 0 Å². The third kappa shape index (κ3) is 4.98. The van der Waals surface area contributed by atoms with Crippen molar-refractivity contribution < 1.29 is 19.1 Å². The Morgan fingerprint density at radius 2 is 1.64 bits per heavy atom. The van der Waals surface area contributed by atoms with E-state index >= 15 is 0 Å². The Morgan fingerprint density at radius 1 is 1.04 bits per heavy atom. The van der Waals surface area contributed by atoms with Gasteiger partial charge >= 0.3 is 6.09 Å². The Morgan fingerprint density at radius 3 is 2.25 bits per heavy atom. The van der Waals surface area contributed by atoms with Crippen molar-refractivity contribution in [3.05, 3.63) is 71.8 Å². The number of carbonyl (C=O) groups excluding carboxylic acids is 2. The highest BCUT2D eigenvalue weighted by molar-refractivity contribution is 5.93. The van der Waals surface area contributed by atoms with E-state index in [9.17, 15) is 9.59 Å². The fourth-order valence-electron chi connectivity index (χ4n) is 3.36. The number of nitrogens with zero attached hydrogens (tertiary/aromatic N) is 1. The Kier molecular flexibility index (Phi) is 6.15. The number of likely N-dealkylation sites (tertiary alicyclic amines) is 1. The number of hydrogen-bond acceptors (Lipinski definition) is 4. The van der Waals surface area contributed by atoms with Gasteiger partial charge in [0.1, 0.15) is 5.60 Å². The lowest BCUT2D eigenvalue weighted by atomic mass is 9.92.